The maximum atomic E-state index is 6.77. The van der Waals surface area contributed by atoms with Gasteiger partial charge in [-0.05, 0) is 61.6 Å². The molecular formula is C25H35NO5. The van der Waals surface area contributed by atoms with Crippen LogP contribution in [0.3, 0.4) is 0 Å². The highest BCUT2D eigenvalue weighted by Gasteiger charge is 2.69. The Balaban J connectivity index is 1.31. The van der Waals surface area contributed by atoms with Gasteiger partial charge in [-0.3, -0.25) is 0 Å². The van der Waals surface area contributed by atoms with Crippen molar-refractivity contribution in [1.29, 1.82) is 0 Å². The van der Waals surface area contributed by atoms with Crippen LogP contribution in [-0.4, -0.2) is 44.0 Å². The topological polar surface area (TPSA) is 49.4 Å². The van der Waals surface area contributed by atoms with Crippen LogP contribution in [0, 0.1) is 23.7 Å². The average molecular weight is 430 g/mol. The van der Waals surface area contributed by atoms with Gasteiger partial charge in [-0.15, -0.1) is 0 Å². The molecule has 1 aliphatic carbocycles. The van der Waals surface area contributed by atoms with E-state index in [0.717, 1.165) is 45.6 Å². The van der Waals surface area contributed by atoms with E-state index in [1.807, 2.05) is 6.92 Å². The zero-order valence-electron chi connectivity index (χ0n) is 18.9. The molecule has 0 unspecified atom stereocenters. The maximum Gasteiger partial charge on any atom is 0.201 e. The Hall–Kier alpha value is -1.18. The van der Waals surface area contributed by atoms with Crippen LogP contribution < -0.4 is 4.90 Å². The van der Waals surface area contributed by atoms with Gasteiger partial charge in [0.15, 0.2) is 11.9 Å². The van der Waals surface area contributed by atoms with Crippen molar-refractivity contribution < 1.29 is 24.0 Å². The van der Waals surface area contributed by atoms with Crippen LogP contribution in [0.1, 0.15) is 58.1 Å². The summed E-state index contributed by atoms with van der Waals surface area (Å²) in [5, 5.41) is 0. The first-order valence-electron chi connectivity index (χ1n) is 12.1. The van der Waals surface area contributed by atoms with E-state index >= 15 is 0 Å². The molecule has 5 saturated heterocycles. The zero-order valence-corrected chi connectivity index (χ0v) is 18.9. The van der Waals surface area contributed by atoms with Crippen molar-refractivity contribution in [1.82, 2.24) is 0 Å². The van der Waals surface area contributed by atoms with Crippen molar-refractivity contribution in [2.45, 2.75) is 70.2 Å². The molecule has 2 bridgehead atoms. The summed E-state index contributed by atoms with van der Waals surface area (Å²) < 4.78 is 18.8. The third-order valence-electron chi connectivity index (χ3n) is 8.76. The van der Waals surface area contributed by atoms with E-state index in [1.165, 1.54) is 17.7 Å². The molecule has 1 saturated carbocycles. The van der Waals surface area contributed by atoms with Crippen LogP contribution >= 0.6 is 0 Å². The lowest BCUT2D eigenvalue weighted by Crippen LogP contribution is -2.69. The van der Waals surface area contributed by atoms with Crippen LogP contribution in [0.5, 0.6) is 0 Å². The highest BCUT2D eigenvalue weighted by Crippen LogP contribution is 2.62. The molecule has 170 valence electrons. The minimum absolute atomic E-state index is 0.0000275. The fourth-order valence-electron chi connectivity index (χ4n) is 6.98. The first-order valence-corrected chi connectivity index (χ1v) is 12.1. The summed E-state index contributed by atoms with van der Waals surface area (Å²) in [5.74, 6) is 0.969. The summed E-state index contributed by atoms with van der Waals surface area (Å²) in [7, 11) is 0. The number of fused-ring (bicyclic) bond motifs is 2. The Morgan fingerprint density at radius 2 is 1.71 bits per heavy atom. The van der Waals surface area contributed by atoms with E-state index in [2.05, 4.69) is 43.0 Å². The average Bonchev–Trinajstić information content (AvgIpc) is 3.03. The molecule has 1 aromatic rings. The molecule has 0 radical (unpaired) electrons. The van der Waals surface area contributed by atoms with E-state index in [0.29, 0.717) is 23.7 Å². The van der Waals surface area contributed by atoms with Crippen molar-refractivity contribution in [3.63, 3.8) is 0 Å². The number of ether oxygens (including phenoxy) is 3. The van der Waals surface area contributed by atoms with Crippen LogP contribution in [0.25, 0.3) is 0 Å². The van der Waals surface area contributed by atoms with Crippen molar-refractivity contribution in [3.8, 4) is 0 Å². The Morgan fingerprint density at radius 3 is 2.48 bits per heavy atom. The molecule has 6 fully saturated rings. The third kappa shape index (κ3) is 3.10. The summed E-state index contributed by atoms with van der Waals surface area (Å²) >= 11 is 0. The van der Waals surface area contributed by atoms with E-state index in [-0.39, 0.29) is 12.4 Å². The Kier molecular flexibility index (Phi) is 4.89. The largest absolute Gasteiger partial charge is 0.378 e. The quantitative estimate of drug-likeness (QED) is 0.648. The monoisotopic (exact) mass is 429 g/mol. The second kappa shape index (κ2) is 7.42. The lowest BCUT2D eigenvalue weighted by molar-refractivity contribution is -0.571. The summed E-state index contributed by atoms with van der Waals surface area (Å²) in [6.07, 6.45) is 3.90. The smallest absolute Gasteiger partial charge is 0.201 e. The second-order valence-corrected chi connectivity index (χ2v) is 10.5. The maximum absolute atomic E-state index is 6.77. The van der Waals surface area contributed by atoms with Gasteiger partial charge >= 0.3 is 0 Å². The van der Waals surface area contributed by atoms with Gasteiger partial charge in [0.2, 0.25) is 5.79 Å². The van der Waals surface area contributed by atoms with Gasteiger partial charge in [-0.25, -0.2) is 9.78 Å². The first kappa shape index (κ1) is 20.4. The van der Waals surface area contributed by atoms with E-state index < -0.39 is 11.4 Å². The van der Waals surface area contributed by atoms with Gasteiger partial charge in [0, 0.05) is 31.1 Å². The SMILES string of the molecule is C[C@H]1[C@@H](c2ccc(N3CCOCC3)cc2)O[C@@H]2O[C@]3(C)CC[C@H]4[C@H](C)CC[C@@H]1[C@@]24OO3. The fourth-order valence-corrected chi connectivity index (χ4v) is 6.98. The molecule has 1 spiro atoms. The molecule has 0 aromatic heterocycles. The van der Waals surface area contributed by atoms with Gasteiger partial charge in [-0.1, -0.05) is 26.0 Å². The lowest BCUT2D eigenvalue weighted by Gasteiger charge is -2.60. The van der Waals surface area contributed by atoms with Gasteiger partial charge in [0.25, 0.3) is 0 Å². The molecule has 5 heterocycles. The molecule has 7 rings (SSSR count). The second-order valence-electron chi connectivity index (χ2n) is 10.5. The van der Waals surface area contributed by atoms with Gasteiger partial charge < -0.3 is 19.1 Å². The Labute approximate surface area is 185 Å². The number of hydrogen-bond acceptors (Lipinski definition) is 6. The highest BCUT2D eigenvalue weighted by molar-refractivity contribution is 5.48. The van der Waals surface area contributed by atoms with E-state index in [9.17, 15) is 0 Å². The predicted molar refractivity (Wildman–Crippen MR) is 115 cm³/mol. The number of anilines is 1. The van der Waals surface area contributed by atoms with Gasteiger partial charge in [0.05, 0.1) is 19.3 Å². The normalized spacial score (nSPS) is 47.0. The predicted octanol–water partition coefficient (Wildman–Crippen LogP) is 4.45. The number of rotatable bonds is 2. The molecule has 31 heavy (non-hydrogen) atoms. The first-order chi connectivity index (χ1) is 15.0. The Morgan fingerprint density at radius 1 is 0.935 bits per heavy atom. The van der Waals surface area contributed by atoms with Gasteiger partial charge in [0.1, 0.15) is 0 Å². The minimum atomic E-state index is -0.719. The third-order valence-corrected chi connectivity index (χ3v) is 8.76. The summed E-state index contributed by atoms with van der Waals surface area (Å²) in [5.41, 5.74) is 1.99. The molecule has 0 N–H and O–H groups in total. The lowest BCUT2D eigenvalue weighted by atomic mass is 9.57. The van der Waals surface area contributed by atoms with Crippen molar-refractivity contribution in [3.05, 3.63) is 29.8 Å². The number of nitrogens with zero attached hydrogens (tertiary/aromatic N) is 1. The van der Waals surface area contributed by atoms with Gasteiger partial charge in [-0.2, -0.15) is 0 Å². The summed E-state index contributed by atoms with van der Waals surface area (Å²) in [6.45, 7) is 10.2. The van der Waals surface area contributed by atoms with E-state index in [4.69, 9.17) is 24.0 Å². The molecule has 5 aliphatic heterocycles. The van der Waals surface area contributed by atoms with Crippen LogP contribution in [0.15, 0.2) is 24.3 Å². The minimum Gasteiger partial charge on any atom is -0.378 e. The number of hydrogen-bond donors (Lipinski definition) is 0. The van der Waals surface area contributed by atoms with Crippen LogP contribution in [-0.2, 0) is 24.0 Å². The standard InChI is InChI=1S/C25H35NO5/c1-16-4-9-21-17(2)22(18-5-7-19(8-6-18)26-12-14-27-15-13-26)28-23-25(21)20(16)10-11-24(3,29-23)30-31-25/h5-8,16-17,20-23H,4,9-15H2,1-3H3/t16-,17-,20+,21+,22+,23-,24+,25-/m1/s1. The number of benzene rings is 1. The molecule has 6 aliphatic rings. The van der Waals surface area contributed by atoms with E-state index in [1.54, 1.807) is 0 Å². The molecule has 1 aromatic carbocycles. The van der Waals surface area contributed by atoms with Crippen LogP contribution in [0.2, 0.25) is 0 Å². The van der Waals surface area contributed by atoms with Crippen molar-refractivity contribution >= 4 is 5.69 Å². The Bertz CT molecular complexity index is 811. The molecule has 6 nitrogen and oxygen atoms in total. The molecular weight excluding hydrogens is 394 g/mol. The highest BCUT2D eigenvalue weighted by atomic mass is 17.3. The molecule has 6 heteroatoms. The van der Waals surface area contributed by atoms with Crippen molar-refractivity contribution in [2.75, 3.05) is 31.2 Å². The molecule has 8 atom stereocenters. The summed E-state index contributed by atoms with van der Waals surface area (Å²) in [6, 6.07) is 8.93. The fraction of sp³-hybridized carbons (Fsp3) is 0.760. The zero-order chi connectivity index (χ0) is 21.2. The van der Waals surface area contributed by atoms with Crippen LogP contribution in [0.4, 0.5) is 5.69 Å². The number of morpholine rings is 1. The summed E-state index contributed by atoms with van der Waals surface area (Å²) in [4.78, 5) is 14.6. The molecule has 0 amide bonds. The van der Waals surface area contributed by atoms with Crippen molar-refractivity contribution in [2.24, 2.45) is 23.7 Å².